The number of nitrogens with zero attached hydrogens (tertiary/aromatic N) is 2. The van der Waals surface area contributed by atoms with Crippen molar-refractivity contribution in [2.24, 2.45) is 21.5 Å². The lowest BCUT2D eigenvalue weighted by Crippen LogP contribution is -2.20. The lowest BCUT2D eigenvalue weighted by Gasteiger charge is -2.14. The number of hydrogen-bond donors (Lipinski definition) is 2. The van der Waals surface area contributed by atoms with Gasteiger partial charge in [-0.3, -0.25) is 9.98 Å². The Labute approximate surface area is 226 Å². The quantitative estimate of drug-likeness (QED) is 0.0822. The van der Waals surface area contributed by atoms with E-state index in [0.29, 0.717) is 22.6 Å². The third-order valence-corrected chi connectivity index (χ3v) is 5.37. The summed E-state index contributed by atoms with van der Waals surface area (Å²) in [5, 5.41) is 0. The lowest BCUT2D eigenvalue weighted by atomic mass is 10.1. The smallest absolute Gasteiger partial charge is 0.339 e. The van der Waals surface area contributed by atoms with Gasteiger partial charge >= 0.3 is 11.9 Å². The maximum absolute atomic E-state index is 12.8. The van der Waals surface area contributed by atoms with Crippen molar-refractivity contribution in [3.8, 4) is 11.5 Å². The summed E-state index contributed by atoms with van der Waals surface area (Å²) in [5.41, 5.74) is 13.1. The largest absolute Gasteiger partial charge is 0.462 e. The first-order valence-corrected chi connectivity index (χ1v) is 13.0. The number of hydrogen-bond acceptors (Lipinski definition) is 7. The second-order valence-corrected chi connectivity index (χ2v) is 8.30. The fourth-order valence-corrected chi connectivity index (χ4v) is 3.42. The van der Waals surface area contributed by atoms with Crippen molar-refractivity contribution in [1.82, 2.24) is 0 Å². The van der Waals surface area contributed by atoms with Crippen molar-refractivity contribution in [3.05, 3.63) is 58.7 Å². The van der Waals surface area contributed by atoms with Crippen LogP contribution in [0.5, 0.6) is 11.5 Å². The summed E-state index contributed by atoms with van der Waals surface area (Å²) in [5.74, 6) is -0.320. The summed E-state index contributed by atoms with van der Waals surface area (Å²) in [7, 11) is 0. The van der Waals surface area contributed by atoms with Crippen LogP contribution in [-0.2, 0) is 9.47 Å². The third-order valence-electron chi connectivity index (χ3n) is 5.13. The predicted molar refractivity (Wildman–Crippen MR) is 146 cm³/mol. The van der Waals surface area contributed by atoms with E-state index in [1.807, 2.05) is 13.8 Å². The number of carbonyl (C=O) groups is 2. The van der Waals surface area contributed by atoms with Gasteiger partial charge in [0.1, 0.15) is 35.2 Å². The van der Waals surface area contributed by atoms with E-state index in [0.717, 1.165) is 25.7 Å². The second-order valence-electron chi connectivity index (χ2n) is 7.82. The highest BCUT2D eigenvalue weighted by Gasteiger charge is 2.20. The molecule has 0 saturated carbocycles. The Kier molecular flexibility index (Phi) is 12.7. The van der Waals surface area contributed by atoms with E-state index in [2.05, 4.69) is 9.98 Å². The average molecular weight is 551 g/mol. The van der Waals surface area contributed by atoms with E-state index in [1.165, 1.54) is 12.1 Å². The van der Waals surface area contributed by atoms with Gasteiger partial charge in [0.2, 0.25) is 0 Å². The molecule has 37 heavy (non-hydrogen) atoms. The molecule has 0 radical (unpaired) electrons. The van der Waals surface area contributed by atoms with Gasteiger partial charge in [0, 0.05) is 11.1 Å². The zero-order valence-electron chi connectivity index (χ0n) is 21.0. The van der Waals surface area contributed by atoms with Gasteiger partial charge < -0.3 is 25.7 Å². The molecule has 0 aromatic heterocycles. The molecule has 9 nitrogen and oxygen atoms in total. The number of halogens is 2. The number of unbranched alkanes of at least 4 members (excludes halogenated alkanes) is 2. The summed E-state index contributed by atoms with van der Waals surface area (Å²) >= 11 is 11.4. The van der Waals surface area contributed by atoms with Gasteiger partial charge in [-0.25, -0.2) is 9.59 Å². The topological polar surface area (TPSA) is 139 Å². The first kappa shape index (κ1) is 29.9. The molecule has 0 amide bonds. The van der Waals surface area contributed by atoms with Crippen LogP contribution >= 0.6 is 23.2 Å². The summed E-state index contributed by atoms with van der Waals surface area (Å²) < 4.78 is 16.7. The minimum Gasteiger partial charge on any atom is -0.462 e. The molecule has 0 fully saturated rings. The maximum Gasteiger partial charge on any atom is 0.339 e. The Morgan fingerprint density at radius 2 is 1.14 bits per heavy atom. The number of amidine groups is 2. The minimum absolute atomic E-state index is 0.0615. The molecule has 4 N–H and O–H groups in total. The first-order valence-electron chi connectivity index (χ1n) is 11.9. The highest BCUT2D eigenvalue weighted by Crippen LogP contribution is 2.27. The number of carbonyl (C=O) groups excluding carboxylic acids is 2. The van der Waals surface area contributed by atoms with Crippen LogP contribution in [0, 0.1) is 0 Å². The molecular formula is C26H32Cl2N4O5. The Morgan fingerprint density at radius 1 is 0.730 bits per heavy atom. The Bertz CT molecular complexity index is 1050. The average Bonchev–Trinajstić information content (AvgIpc) is 2.89. The van der Waals surface area contributed by atoms with Crippen molar-refractivity contribution < 1.29 is 23.8 Å². The lowest BCUT2D eigenvalue weighted by molar-refractivity contribution is 0.0490. The number of rotatable bonds is 14. The van der Waals surface area contributed by atoms with Crippen LogP contribution in [0.3, 0.4) is 0 Å². The summed E-state index contributed by atoms with van der Waals surface area (Å²) in [4.78, 5) is 33.5. The Balaban J connectivity index is 2.44. The molecule has 0 spiro atoms. The molecule has 0 bridgehead atoms. The van der Waals surface area contributed by atoms with E-state index in [-0.39, 0.29) is 48.0 Å². The molecular weight excluding hydrogens is 519 g/mol. The predicted octanol–water partition coefficient (Wildman–Crippen LogP) is 5.20. The number of nitrogens with two attached hydrogens (primary N) is 2. The van der Waals surface area contributed by atoms with Crippen molar-refractivity contribution in [3.63, 3.8) is 0 Å². The molecule has 2 aromatic rings. The van der Waals surface area contributed by atoms with E-state index < -0.39 is 11.9 Å². The number of esters is 2. The molecule has 0 atom stereocenters. The number of alkyl halides is 2. The van der Waals surface area contributed by atoms with Crippen LogP contribution in [-0.4, -0.2) is 48.8 Å². The fraction of sp³-hybridized carbons (Fsp3) is 0.385. The van der Waals surface area contributed by atoms with Gasteiger partial charge in [-0.1, -0.05) is 26.7 Å². The van der Waals surface area contributed by atoms with Crippen LogP contribution in [0.25, 0.3) is 0 Å². The number of ether oxygens (including phenoxy) is 3. The van der Waals surface area contributed by atoms with E-state index in [1.54, 1.807) is 24.3 Å². The summed E-state index contributed by atoms with van der Waals surface area (Å²) in [6.45, 7) is 4.52. The Morgan fingerprint density at radius 3 is 1.49 bits per heavy atom. The van der Waals surface area contributed by atoms with Gasteiger partial charge in [-0.15, -0.1) is 23.2 Å². The van der Waals surface area contributed by atoms with Crippen LogP contribution in [0.1, 0.15) is 71.4 Å². The van der Waals surface area contributed by atoms with Gasteiger partial charge in [0.25, 0.3) is 0 Å². The SMILES string of the molecule is CCCCOC(=O)c1cc(Oc2ccc(C(N)=NCCl)c(C(=O)OCCCC)c2)ccc1C(N)=NCCl. The fourth-order valence-electron chi connectivity index (χ4n) is 3.17. The molecule has 11 heteroatoms. The molecule has 200 valence electrons. The monoisotopic (exact) mass is 550 g/mol. The second kappa shape index (κ2) is 15.7. The van der Waals surface area contributed by atoms with E-state index >= 15 is 0 Å². The molecule has 0 heterocycles. The van der Waals surface area contributed by atoms with Crippen LogP contribution in [0.4, 0.5) is 0 Å². The third kappa shape index (κ3) is 8.94. The van der Waals surface area contributed by atoms with Crippen LogP contribution in [0.15, 0.2) is 46.4 Å². The molecule has 0 aliphatic heterocycles. The maximum atomic E-state index is 12.8. The number of aliphatic imine (C=N–C) groups is 2. The zero-order chi connectivity index (χ0) is 27.2. The molecule has 0 unspecified atom stereocenters. The minimum atomic E-state index is -0.567. The first-order chi connectivity index (χ1) is 17.9. The van der Waals surface area contributed by atoms with Gasteiger partial charge in [0.05, 0.1) is 24.3 Å². The highest BCUT2D eigenvalue weighted by molar-refractivity contribution is 6.19. The van der Waals surface area contributed by atoms with Gasteiger partial charge in [-0.2, -0.15) is 0 Å². The number of benzene rings is 2. The normalized spacial score (nSPS) is 11.8. The molecule has 0 aliphatic carbocycles. The Hall–Kier alpha value is -3.30. The summed E-state index contributed by atoms with van der Waals surface area (Å²) in [6.07, 6.45) is 3.20. The van der Waals surface area contributed by atoms with Crippen molar-refractivity contribution in [2.45, 2.75) is 39.5 Å². The van der Waals surface area contributed by atoms with Crippen LogP contribution in [0.2, 0.25) is 0 Å². The van der Waals surface area contributed by atoms with Crippen molar-refractivity contribution in [2.75, 3.05) is 25.2 Å². The molecule has 0 saturated heterocycles. The van der Waals surface area contributed by atoms with Crippen LogP contribution < -0.4 is 16.2 Å². The molecule has 2 aromatic carbocycles. The zero-order valence-corrected chi connectivity index (χ0v) is 22.5. The van der Waals surface area contributed by atoms with Gasteiger partial charge in [0.15, 0.2) is 0 Å². The molecule has 2 rings (SSSR count). The van der Waals surface area contributed by atoms with E-state index in [4.69, 9.17) is 48.9 Å². The van der Waals surface area contributed by atoms with Crippen molar-refractivity contribution >= 4 is 46.8 Å². The standard InChI is InChI=1S/C26H32Cl2N4O5/c1-3-5-11-35-25(33)21-13-17(7-9-19(21)23(29)31-15-27)37-18-8-10-20(24(30)32-16-28)22(14-18)26(34)36-12-6-4-2/h7-10,13-14H,3-6,11-12,15-16H2,1-2H3,(H2,29,31)(H2,30,32). The van der Waals surface area contributed by atoms with E-state index in [9.17, 15) is 9.59 Å². The molecule has 0 aliphatic rings. The van der Waals surface area contributed by atoms with Crippen molar-refractivity contribution in [1.29, 1.82) is 0 Å². The van der Waals surface area contributed by atoms with Gasteiger partial charge in [-0.05, 0) is 49.2 Å². The highest BCUT2D eigenvalue weighted by atomic mass is 35.5. The summed E-state index contributed by atoms with van der Waals surface area (Å²) in [6, 6.07) is 9.29.